The van der Waals surface area contributed by atoms with Crippen LogP contribution in [0.15, 0.2) is 52.4 Å². The summed E-state index contributed by atoms with van der Waals surface area (Å²) >= 11 is 0. The number of ether oxygens (including phenoxy) is 1. The zero-order valence-corrected chi connectivity index (χ0v) is 22.3. The van der Waals surface area contributed by atoms with Gasteiger partial charge in [-0.2, -0.15) is 4.31 Å². The molecule has 2 aromatic rings. The van der Waals surface area contributed by atoms with Crippen LogP contribution in [0.1, 0.15) is 32.3 Å². The number of amides is 1. The molecule has 2 aliphatic rings. The Bertz CT molecular complexity index is 1310. The van der Waals surface area contributed by atoms with Gasteiger partial charge in [0.05, 0.1) is 10.6 Å². The summed E-state index contributed by atoms with van der Waals surface area (Å²) < 4.78 is 32.3. The molecule has 198 valence electrons. The first kappa shape index (κ1) is 26.8. The van der Waals surface area contributed by atoms with Crippen molar-refractivity contribution in [1.82, 2.24) is 9.62 Å². The minimum Gasteiger partial charge on any atom is -0.459 e. The minimum absolute atomic E-state index is 0.00834. The van der Waals surface area contributed by atoms with Gasteiger partial charge in [0.1, 0.15) is 18.1 Å². The predicted octanol–water partition coefficient (Wildman–Crippen LogP) is 2.50. The molecule has 2 N–H and O–H groups in total. The second-order valence-electron chi connectivity index (χ2n) is 10.1. The number of hydrogen-bond acceptors (Lipinski definition) is 8. The molecule has 37 heavy (non-hydrogen) atoms. The molecule has 0 spiro atoms. The van der Waals surface area contributed by atoms with Gasteiger partial charge < -0.3 is 20.3 Å². The highest BCUT2D eigenvalue weighted by Crippen LogP contribution is 2.39. The maximum Gasteiger partial charge on any atom is 0.321 e. The van der Waals surface area contributed by atoms with E-state index in [0.29, 0.717) is 5.69 Å². The van der Waals surface area contributed by atoms with E-state index in [4.69, 9.17) is 4.74 Å². The van der Waals surface area contributed by atoms with E-state index in [2.05, 4.69) is 20.5 Å². The standard InChI is InChI=1S/C26H33N5O5S/c1-26(2,3)36-23(32)17-30(4)37(34,35)19-8-5-7-18(15-19)28-16-20-24-21(29-25(20)33)9-6-10-22(24)31-13-11-27-12-14-31/h5-10,15-16,20,27H,11-14,17H2,1-4H3,(H,29,33). The number of benzene rings is 2. The Labute approximate surface area is 217 Å². The molecular weight excluding hydrogens is 494 g/mol. The Kier molecular flexibility index (Phi) is 7.67. The zero-order valence-electron chi connectivity index (χ0n) is 21.5. The Morgan fingerprint density at radius 3 is 2.59 bits per heavy atom. The molecule has 1 saturated heterocycles. The van der Waals surface area contributed by atoms with E-state index in [1.165, 1.54) is 19.2 Å². The third-order valence-electron chi connectivity index (χ3n) is 6.06. The van der Waals surface area contributed by atoms with Gasteiger partial charge in [-0.1, -0.05) is 12.1 Å². The Hall–Kier alpha value is -3.28. The highest BCUT2D eigenvalue weighted by Gasteiger charge is 2.33. The van der Waals surface area contributed by atoms with Gasteiger partial charge in [0.25, 0.3) is 0 Å². The number of hydrogen-bond donors (Lipinski definition) is 2. The highest BCUT2D eigenvalue weighted by atomic mass is 32.2. The summed E-state index contributed by atoms with van der Waals surface area (Å²) in [5.41, 5.74) is 2.30. The molecule has 2 aliphatic heterocycles. The van der Waals surface area contributed by atoms with Crippen LogP contribution in [0, 0.1) is 0 Å². The quantitative estimate of drug-likeness (QED) is 0.419. The van der Waals surface area contributed by atoms with E-state index in [9.17, 15) is 18.0 Å². The first-order valence-electron chi connectivity index (χ1n) is 12.2. The maximum absolute atomic E-state index is 13.1. The molecule has 2 aromatic carbocycles. The van der Waals surface area contributed by atoms with Crippen molar-refractivity contribution in [1.29, 1.82) is 0 Å². The lowest BCUT2D eigenvalue weighted by Crippen LogP contribution is -2.44. The number of likely N-dealkylation sites (N-methyl/N-ethyl adjacent to an activating group) is 1. The topological polar surface area (TPSA) is 120 Å². The fourth-order valence-electron chi connectivity index (χ4n) is 4.36. The first-order valence-corrected chi connectivity index (χ1v) is 13.6. The van der Waals surface area contributed by atoms with Crippen molar-refractivity contribution in [3.63, 3.8) is 0 Å². The third kappa shape index (κ3) is 6.17. The SMILES string of the molecule is CN(CC(=O)OC(C)(C)C)S(=O)(=O)c1cccc(N=CC2C(=O)Nc3cccc(N4CCNCC4)c32)c1. The van der Waals surface area contributed by atoms with E-state index in [-0.39, 0.29) is 10.8 Å². The van der Waals surface area contributed by atoms with Crippen LogP contribution in [-0.4, -0.2) is 76.2 Å². The summed E-state index contributed by atoms with van der Waals surface area (Å²) in [6.45, 7) is 8.15. The van der Waals surface area contributed by atoms with Crippen LogP contribution in [-0.2, 0) is 24.3 Å². The van der Waals surface area contributed by atoms with Crippen LogP contribution < -0.4 is 15.5 Å². The summed E-state index contributed by atoms with van der Waals surface area (Å²) in [6.07, 6.45) is 1.56. The van der Waals surface area contributed by atoms with E-state index in [1.54, 1.807) is 39.1 Å². The number of carbonyl (C=O) groups is 2. The number of aliphatic imine (C=N–C) groups is 1. The number of fused-ring (bicyclic) bond motifs is 1. The van der Waals surface area contributed by atoms with Crippen LogP contribution in [0.4, 0.5) is 17.1 Å². The number of carbonyl (C=O) groups excluding carboxylic acids is 2. The normalized spacial score (nSPS) is 18.2. The summed E-state index contributed by atoms with van der Waals surface area (Å²) in [4.78, 5) is 31.7. The average Bonchev–Trinajstić information content (AvgIpc) is 3.17. The Morgan fingerprint density at radius 2 is 1.89 bits per heavy atom. The van der Waals surface area contributed by atoms with E-state index < -0.39 is 34.1 Å². The van der Waals surface area contributed by atoms with Crippen molar-refractivity contribution < 1.29 is 22.7 Å². The summed E-state index contributed by atoms with van der Waals surface area (Å²) in [5.74, 6) is -1.42. The minimum atomic E-state index is -3.96. The molecule has 1 atom stereocenters. The number of nitrogens with zero attached hydrogens (tertiary/aromatic N) is 3. The smallest absolute Gasteiger partial charge is 0.321 e. The van der Waals surface area contributed by atoms with Crippen molar-refractivity contribution >= 4 is 45.2 Å². The van der Waals surface area contributed by atoms with Crippen LogP contribution in [0.5, 0.6) is 0 Å². The van der Waals surface area contributed by atoms with Crippen LogP contribution in [0.2, 0.25) is 0 Å². The molecule has 2 heterocycles. The van der Waals surface area contributed by atoms with Crippen LogP contribution >= 0.6 is 0 Å². The lowest BCUT2D eigenvalue weighted by molar-refractivity contribution is -0.154. The molecule has 11 heteroatoms. The molecule has 4 rings (SSSR count). The fourth-order valence-corrected chi connectivity index (χ4v) is 5.52. The fraction of sp³-hybridized carbons (Fsp3) is 0.423. The van der Waals surface area contributed by atoms with Crippen LogP contribution in [0.3, 0.4) is 0 Å². The average molecular weight is 528 g/mol. The molecule has 1 unspecified atom stereocenters. The van der Waals surface area contributed by atoms with Crippen molar-refractivity contribution in [3.8, 4) is 0 Å². The van der Waals surface area contributed by atoms with E-state index in [1.807, 2.05) is 18.2 Å². The molecule has 0 bridgehead atoms. The highest BCUT2D eigenvalue weighted by molar-refractivity contribution is 7.89. The largest absolute Gasteiger partial charge is 0.459 e. The van der Waals surface area contributed by atoms with Crippen molar-refractivity contribution in [2.45, 2.75) is 37.2 Å². The molecule has 0 aliphatic carbocycles. The van der Waals surface area contributed by atoms with Gasteiger partial charge in [-0.05, 0) is 51.1 Å². The predicted molar refractivity (Wildman–Crippen MR) is 143 cm³/mol. The maximum atomic E-state index is 13.1. The second-order valence-corrected chi connectivity index (χ2v) is 12.1. The molecule has 1 amide bonds. The van der Waals surface area contributed by atoms with Crippen LogP contribution in [0.25, 0.3) is 0 Å². The van der Waals surface area contributed by atoms with Gasteiger partial charge in [0.15, 0.2) is 0 Å². The van der Waals surface area contributed by atoms with Gasteiger partial charge in [-0.15, -0.1) is 0 Å². The van der Waals surface area contributed by atoms with Crippen molar-refractivity contribution in [2.24, 2.45) is 4.99 Å². The van der Waals surface area contributed by atoms with Crippen molar-refractivity contribution in [3.05, 3.63) is 48.0 Å². The zero-order chi connectivity index (χ0) is 26.8. The van der Waals surface area contributed by atoms with E-state index in [0.717, 1.165) is 47.4 Å². The van der Waals surface area contributed by atoms with E-state index >= 15 is 0 Å². The lowest BCUT2D eigenvalue weighted by atomic mass is 9.98. The molecule has 1 fully saturated rings. The van der Waals surface area contributed by atoms with Gasteiger partial charge in [0.2, 0.25) is 15.9 Å². The molecule has 0 saturated carbocycles. The van der Waals surface area contributed by atoms with Gasteiger partial charge >= 0.3 is 5.97 Å². The number of piperazine rings is 1. The molecule has 0 radical (unpaired) electrons. The molecular formula is C26H33N5O5S. The number of esters is 1. The lowest BCUT2D eigenvalue weighted by Gasteiger charge is -2.31. The number of nitrogens with one attached hydrogen (secondary N) is 2. The second kappa shape index (κ2) is 10.6. The number of rotatable bonds is 7. The Balaban J connectivity index is 1.55. The van der Waals surface area contributed by atoms with Crippen molar-refractivity contribution in [2.75, 3.05) is 50.0 Å². The summed E-state index contributed by atoms with van der Waals surface area (Å²) in [7, 11) is -2.64. The monoisotopic (exact) mass is 527 g/mol. The molecule has 10 nitrogen and oxygen atoms in total. The Morgan fingerprint density at radius 1 is 1.19 bits per heavy atom. The van der Waals surface area contributed by atoms with Gasteiger partial charge in [-0.25, -0.2) is 8.42 Å². The summed E-state index contributed by atoms with van der Waals surface area (Å²) in [5, 5.41) is 6.26. The van der Waals surface area contributed by atoms with Gasteiger partial charge in [0, 0.05) is 56.4 Å². The third-order valence-corrected chi connectivity index (χ3v) is 7.86. The number of sulfonamides is 1. The number of anilines is 2. The molecule has 0 aromatic heterocycles. The van der Waals surface area contributed by atoms with Gasteiger partial charge in [-0.3, -0.25) is 14.6 Å². The summed E-state index contributed by atoms with van der Waals surface area (Å²) in [6, 6.07) is 11.9. The first-order chi connectivity index (χ1) is 17.5.